The lowest BCUT2D eigenvalue weighted by Crippen LogP contribution is -1.97. The fraction of sp³-hybridized carbons (Fsp3) is 0.235. The van der Waals surface area contributed by atoms with Gasteiger partial charge in [0.1, 0.15) is 0 Å². The lowest BCUT2D eigenvalue weighted by molar-refractivity contribution is 0.101. The van der Waals surface area contributed by atoms with Crippen LogP contribution in [-0.4, -0.2) is 19.0 Å². The van der Waals surface area contributed by atoms with Gasteiger partial charge in [-0.25, -0.2) is 0 Å². The SMILES string of the molecule is CC(=O)c1ccccc1-c1ccc2c(c1)OCCCO2. The summed E-state index contributed by atoms with van der Waals surface area (Å²) in [6, 6.07) is 13.4. The summed E-state index contributed by atoms with van der Waals surface area (Å²) in [5.74, 6) is 1.58. The smallest absolute Gasteiger partial charge is 0.161 e. The molecule has 0 amide bonds. The number of carbonyl (C=O) groups excluding carboxylic acids is 1. The van der Waals surface area contributed by atoms with E-state index in [-0.39, 0.29) is 5.78 Å². The summed E-state index contributed by atoms with van der Waals surface area (Å²) in [6.07, 6.45) is 0.883. The summed E-state index contributed by atoms with van der Waals surface area (Å²) in [5.41, 5.74) is 2.62. The molecule has 0 saturated heterocycles. The first kappa shape index (κ1) is 12.7. The van der Waals surface area contributed by atoms with E-state index in [4.69, 9.17) is 9.47 Å². The molecule has 0 bridgehead atoms. The first-order valence-electron chi connectivity index (χ1n) is 6.76. The average molecular weight is 268 g/mol. The van der Waals surface area contributed by atoms with E-state index in [1.807, 2.05) is 42.5 Å². The molecule has 1 aliphatic heterocycles. The highest BCUT2D eigenvalue weighted by Gasteiger charge is 2.14. The lowest BCUT2D eigenvalue weighted by atomic mass is 9.97. The van der Waals surface area contributed by atoms with Gasteiger partial charge in [-0.15, -0.1) is 0 Å². The van der Waals surface area contributed by atoms with Gasteiger partial charge in [-0.3, -0.25) is 4.79 Å². The van der Waals surface area contributed by atoms with Crippen molar-refractivity contribution in [3.63, 3.8) is 0 Å². The second kappa shape index (κ2) is 5.37. The van der Waals surface area contributed by atoms with Gasteiger partial charge in [0.05, 0.1) is 13.2 Å². The molecule has 1 heterocycles. The maximum absolute atomic E-state index is 11.7. The molecule has 20 heavy (non-hydrogen) atoms. The van der Waals surface area contributed by atoms with E-state index in [1.54, 1.807) is 6.92 Å². The fourth-order valence-corrected chi connectivity index (χ4v) is 2.37. The first-order valence-corrected chi connectivity index (χ1v) is 6.76. The molecule has 0 spiro atoms. The van der Waals surface area contributed by atoms with Gasteiger partial charge in [0, 0.05) is 12.0 Å². The highest BCUT2D eigenvalue weighted by molar-refractivity contribution is 6.00. The van der Waals surface area contributed by atoms with E-state index in [9.17, 15) is 4.79 Å². The lowest BCUT2D eigenvalue weighted by Gasteiger charge is -2.11. The second-order valence-corrected chi connectivity index (χ2v) is 4.81. The molecule has 3 nitrogen and oxygen atoms in total. The van der Waals surface area contributed by atoms with Crippen molar-refractivity contribution < 1.29 is 14.3 Å². The molecule has 0 aliphatic carbocycles. The Kier molecular flexibility index (Phi) is 3.42. The van der Waals surface area contributed by atoms with Gasteiger partial charge in [0.15, 0.2) is 17.3 Å². The molecule has 3 rings (SSSR count). The maximum Gasteiger partial charge on any atom is 0.161 e. The van der Waals surface area contributed by atoms with Gasteiger partial charge in [0.2, 0.25) is 0 Å². The standard InChI is InChI=1S/C17H16O3/c1-12(18)14-5-2-3-6-15(14)13-7-8-16-17(11-13)20-10-4-9-19-16/h2-3,5-8,11H,4,9-10H2,1H3. The van der Waals surface area contributed by atoms with E-state index in [0.717, 1.165) is 34.6 Å². The van der Waals surface area contributed by atoms with Crippen LogP contribution in [0.1, 0.15) is 23.7 Å². The molecule has 0 N–H and O–H groups in total. The summed E-state index contributed by atoms with van der Waals surface area (Å²) < 4.78 is 11.3. The molecule has 2 aromatic carbocycles. The van der Waals surface area contributed by atoms with Crippen molar-refractivity contribution in [3.8, 4) is 22.6 Å². The molecule has 2 aromatic rings. The van der Waals surface area contributed by atoms with Gasteiger partial charge < -0.3 is 9.47 Å². The summed E-state index contributed by atoms with van der Waals surface area (Å²) in [5, 5.41) is 0. The molecule has 102 valence electrons. The third-order valence-corrected chi connectivity index (χ3v) is 3.36. The van der Waals surface area contributed by atoms with Crippen LogP contribution in [0.3, 0.4) is 0 Å². The minimum absolute atomic E-state index is 0.0627. The third-order valence-electron chi connectivity index (χ3n) is 3.36. The molecule has 0 atom stereocenters. The number of rotatable bonds is 2. The van der Waals surface area contributed by atoms with E-state index in [1.165, 1.54) is 0 Å². The Morgan fingerprint density at radius 2 is 1.75 bits per heavy atom. The number of fused-ring (bicyclic) bond motifs is 1. The highest BCUT2D eigenvalue weighted by Crippen LogP contribution is 2.35. The summed E-state index contributed by atoms with van der Waals surface area (Å²) >= 11 is 0. The van der Waals surface area contributed by atoms with Crippen LogP contribution in [0.15, 0.2) is 42.5 Å². The summed E-state index contributed by atoms with van der Waals surface area (Å²) in [6.45, 7) is 2.92. The first-order chi connectivity index (χ1) is 9.75. The number of hydrogen-bond acceptors (Lipinski definition) is 3. The molecule has 0 fully saturated rings. The number of hydrogen-bond donors (Lipinski definition) is 0. The fourth-order valence-electron chi connectivity index (χ4n) is 2.37. The zero-order valence-corrected chi connectivity index (χ0v) is 11.4. The molecule has 0 aromatic heterocycles. The monoisotopic (exact) mass is 268 g/mol. The Morgan fingerprint density at radius 1 is 1.00 bits per heavy atom. The Labute approximate surface area is 118 Å². The van der Waals surface area contributed by atoms with Gasteiger partial charge >= 0.3 is 0 Å². The van der Waals surface area contributed by atoms with Crippen molar-refractivity contribution in [1.29, 1.82) is 0 Å². The van der Waals surface area contributed by atoms with E-state index >= 15 is 0 Å². The highest BCUT2D eigenvalue weighted by atomic mass is 16.5. The molecule has 0 radical (unpaired) electrons. The van der Waals surface area contributed by atoms with Crippen LogP contribution >= 0.6 is 0 Å². The number of Topliss-reactive ketones (excluding diaryl/α,β-unsaturated/α-hetero) is 1. The second-order valence-electron chi connectivity index (χ2n) is 4.81. The quantitative estimate of drug-likeness (QED) is 0.779. The Morgan fingerprint density at radius 3 is 2.55 bits per heavy atom. The van der Waals surface area contributed by atoms with Crippen LogP contribution in [0.2, 0.25) is 0 Å². The molecular weight excluding hydrogens is 252 g/mol. The number of ether oxygens (including phenoxy) is 2. The van der Waals surface area contributed by atoms with Crippen molar-refractivity contribution in [2.75, 3.05) is 13.2 Å². The number of benzene rings is 2. The van der Waals surface area contributed by atoms with Crippen LogP contribution in [0.4, 0.5) is 0 Å². The minimum Gasteiger partial charge on any atom is -0.490 e. The van der Waals surface area contributed by atoms with Crippen molar-refractivity contribution >= 4 is 5.78 Å². The van der Waals surface area contributed by atoms with Gasteiger partial charge in [-0.05, 0) is 30.2 Å². The predicted molar refractivity (Wildman–Crippen MR) is 77.5 cm³/mol. The normalized spacial score (nSPS) is 13.7. The predicted octanol–water partition coefficient (Wildman–Crippen LogP) is 3.72. The van der Waals surface area contributed by atoms with Gasteiger partial charge in [-0.2, -0.15) is 0 Å². The van der Waals surface area contributed by atoms with E-state index in [0.29, 0.717) is 13.2 Å². The molecule has 0 saturated carbocycles. The minimum atomic E-state index is 0.0627. The Balaban J connectivity index is 2.07. The Hall–Kier alpha value is -2.29. The van der Waals surface area contributed by atoms with Crippen molar-refractivity contribution in [3.05, 3.63) is 48.0 Å². The third kappa shape index (κ3) is 2.39. The number of carbonyl (C=O) groups is 1. The van der Waals surface area contributed by atoms with E-state index < -0.39 is 0 Å². The van der Waals surface area contributed by atoms with Crippen molar-refractivity contribution in [1.82, 2.24) is 0 Å². The molecule has 1 aliphatic rings. The largest absolute Gasteiger partial charge is 0.490 e. The Bertz CT molecular complexity index is 646. The van der Waals surface area contributed by atoms with Crippen molar-refractivity contribution in [2.24, 2.45) is 0 Å². The van der Waals surface area contributed by atoms with Crippen LogP contribution in [0.5, 0.6) is 11.5 Å². The van der Waals surface area contributed by atoms with E-state index in [2.05, 4.69) is 0 Å². The maximum atomic E-state index is 11.7. The van der Waals surface area contributed by atoms with Crippen molar-refractivity contribution in [2.45, 2.75) is 13.3 Å². The van der Waals surface area contributed by atoms with Gasteiger partial charge in [-0.1, -0.05) is 30.3 Å². The van der Waals surface area contributed by atoms with Crippen LogP contribution in [0, 0.1) is 0 Å². The van der Waals surface area contributed by atoms with Crippen LogP contribution in [-0.2, 0) is 0 Å². The topological polar surface area (TPSA) is 35.5 Å². The number of ketones is 1. The summed E-state index contributed by atoms with van der Waals surface area (Å²) in [4.78, 5) is 11.7. The van der Waals surface area contributed by atoms with Gasteiger partial charge in [0.25, 0.3) is 0 Å². The molecule has 3 heteroatoms. The zero-order chi connectivity index (χ0) is 13.9. The zero-order valence-electron chi connectivity index (χ0n) is 11.4. The molecule has 0 unspecified atom stereocenters. The average Bonchev–Trinajstić information content (AvgIpc) is 2.71. The van der Waals surface area contributed by atoms with Crippen LogP contribution in [0.25, 0.3) is 11.1 Å². The van der Waals surface area contributed by atoms with Crippen LogP contribution < -0.4 is 9.47 Å². The summed E-state index contributed by atoms with van der Waals surface area (Å²) in [7, 11) is 0. The molecular formula is C17H16O3.